The molecule has 0 saturated carbocycles. The van der Waals surface area contributed by atoms with Crippen LogP contribution in [-0.4, -0.2) is 51.1 Å². The number of carboxylic acids is 1. The van der Waals surface area contributed by atoms with E-state index in [-0.39, 0.29) is 12.5 Å². The summed E-state index contributed by atoms with van der Waals surface area (Å²) >= 11 is 0. The molecule has 2 amide bonds. The van der Waals surface area contributed by atoms with E-state index in [9.17, 15) is 9.59 Å². The topological polar surface area (TPSA) is 98.3 Å². The molecule has 1 atom stereocenters. The molecule has 19 heavy (non-hydrogen) atoms. The minimum atomic E-state index is -1.04. The monoisotopic (exact) mass is 266 g/mol. The van der Waals surface area contributed by atoms with E-state index in [1.807, 2.05) is 0 Å². The van der Waals surface area contributed by atoms with E-state index in [4.69, 9.17) is 5.11 Å². The predicted molar refractivity (Wildman–Crippen MR) is 67.7 cm³/mol. The molecule has 7 heteroatoms. The molecule has 2 heterocycles. The minimum absolute atomic E-state index is 0.203. The number of aromatic nitrogens is 2. The molecule has 1 aliphatic rings. The highest BCUT2D eigenvalue weighted by Gasteiger charge is 2.24. The number of imidazole rings is 1. The number of carboxylic acid groups (broad SMARTS) is 1. The summed E-state index contributed by atoms with van der Waals surface area (Å²) in [5.41, 5.74) is 0.686. The average molecular weight is 266 g/mol. The summed E-state index contributed by atoms with van der Waals surface area (Å²) < 4.78 is 0. The number of hydrogen-bond acceptors (Lipinski definition) is 3. The molecule has 7 nitrogen and oxygen atoms in total. The molecular weight excluding hydrogens is 248 g/mol. The van der Waals surface area contributed by atoms with Gasteiger partial charge in [0.1, 0.15) is 6.04 Å². The van der Waals surface area contributed by atoms with Gasteiger partial charge in [0.25, 0.3) is 0 Å². The summed E-state index contributed by atoms with van der Waals surface area (Å²) in [6, 6.07) is -1.23. The van der Waals surface area contributed by atoms with Crippen molar-refractivity contribution in [1.29, 1.82) is 0 Å². The van der Waals surface area contributed by atoms with E-state index < -0.39 is 12.0 Å². The van der Waals surface area contributed by atoms with Crippen LogP contribution in [0.15, 0.2) is 12.5 Å². The molecule has 0 spiro atoms. The second-order valence-electron chi connectivity index (χ2n) is 4.67. The van der Waals surface area contributed by atoms with Crippen molar-refractivity contribution in [2.75, 3.05) is 13.1 Å². The van der Waals surface area contributed by atoms with E-state index in [0.29, 0.717) is 18.8 Å². The van der Waals surface area contributed by atoms with Gasteiger partial charge in [0.2, 0.25) is 0 Å². The van der Waals surface area contributed by atoms with Crippen molar-refractivity contribution in [1.82, 2.24) is 20.2 Å². The first kappa shape index (κ1) is 13.4. The number of aliphatic carboxylic acids is 1. The lowest BCUT2D eigenvalue weighted by Crippen LogP contribution is -2.50. The Morgan fingerprint density at radius 3 is 2.74 bits per heavy atom. The molecule has 1 fully saturated rings. The largest absolute Gasteiger partial charge is 0.480 e. The lowest BCUT2D eigenvalue weighted by Gasteiger charge is -2.28. The van der Waals surface area contributed by atoms with Gasteiger partial charge in [0, 0.05) is 31.4 Å². The maximum Gasteiger partial charge on any atom is 0.326 e. The summed E-state index contributed by atoms with van der Waals surface area (Å²) in [4.78, 5) is 31.5. The van der Waals surface area contributed by atoms with Crippen molar-refractivity contribution >= 4 is 12.0 Å². The number of urea groups is 1. The molecule has 2 rings (SSSR count). The van der Waals surface area contributed by atoms with E-state index in [2.05, 4.69) is 15.3 Å². The summed E-state index contributed by atoms with van der Waals surface area (Å²) in [5, 5.41) is 11.7. The van der Waals surface area contributed by atoms with Crippen LogP contribution in [0.2, 0.25) is 0 Å². The number of piperidine rings is 1. The third kappa shape index (κ3) is 3.70. The van der Waals surface area contributed by atoms with Crippen LogP contribution in [0, 0.1) is 0 Å². The number of nitrogens with zero attached hydrogens (tertiary/aromatic N) is 2. The molecule has 0 unspecified atom stereocenters. The zero-order valence-corrected chi connectivity index (χ0v) is 10.6. The second-order valence-corrected chi connectivity index (χ2v) is 4.67. The summed E-state index contributed by atoms with van der Waals surface area (Å²) in [5.74, 6) is -1.04. The van der Waals surface area contributed by atoms with Gasteiger partial charge in [0.15, 0.2) is 0 Å². The maximum absolute atomic E-state index is 12.0. The Hall–Kier alpha value is -2.05. The van der Waals surface area contributed by atoms with Crippen molar-refractivity contribution in [2.24, 2.45) is 0 Å². The number of rotatable bonds is 4. The number of hydrogen-bond donors (Lipinski definition) is 3. The summed E-state index contributed by atoms with van der Waals surface area (Å²) in [6.45, 7) is 1.39. The first-order valence-corrected chi connectivity index (χ1v) is 6.42. The number of carbonyl (C=O) groups is 2. The molecule has 0 aliphatic carbocycles. The van der Waals surface area contributed by atoms with Crippen molar-refractivity contribution in [3.63, 3.8) is 0 Å². The zero-order valence-electron chi connectivity index (χ0n) is 10.6. The van der Waals surface area contributed by atoms with Gasteiger partial charge in [-0.3, -0.25) is 0 Å². The van der Waals surface area contributed by atoms with Crippen molar-refractivity contribution in [2.45, 2.75) is 31.7 Å². The molecule has 0 radical (unpaired) electrons. The van der Waals surface area contributed by atoms with Crippen LogP contribution in [0.5, 0.6) is 0 Å². The summed E-state index contributed by atoms with van der Waals surface area (Å²) in [7, 11) is 0. The lowest BCUT2D eigenvalue weighted by atomic mass is 10.1. The van der Waals surface area contributed by atoms with E-state index in [1.165, 1.54) is 6.33 Å². The Morgan fingerprint density at radius 2 is 2.16 bits per heavy atom. The van der Waals surface area contributed by atoms with Gasteiger partial charge in [0.05, 0.1) is 6.33 Å². The van der Waals surface area contributed by atoms with E-state index >= 15 is 0 Å². The summed E-state index contributed by atoms with van der Waals surface area (Å²) in [6.07, 6.45) is 6.33. The Labute approximate surface area is 111 Å². The number of amides is 2. The standard InChI is InChI=1S/C12H18N4O3/c17-11(18)10(6-9-7-13-8-14-9)15-12(19)16-4-2-1-3-5-16/h7-8,10H,1-6H2,(H,13,14)(H,15,19)(H,17,18)/t10-/m0/s1. The van der Waals surface area contributed by atoms with Gasteiger partial charge >= 0.3 is 12.0 Å². The van der Waals surface area contributed by atoms with Gasteiger partial charge in [-0.05, 0) is 19.3 Å². The van der Waals surface area contributed by atoms with E-state index in [1.54, 1.807) is 11.1 Å². The lowest BCUT2D eigenvalue weighted by molar-refractivity contribution is -0.139. The van der Waals surface area contributed by atoms with Crippen LogP contribution in [0.4, 0.5) is 4.79 Å². The Morgan fingerprint density at radius 1 is 1.42 bits per heavy atom. The van der Waals surface area contributed by atoms with Crippen LogP contribution in [-0.2, 0) is 11.2 Å². The number of carbonyl (C=O) groups excluding carboxylic acids is 1. The number of likely N-dealkylation sites (tertiary alicyclic amines) is 1. The van der Waals surface area contributed by atoms with Gasteiger partial charge in [-0.1, -0.05) is 0 Å². The Balaban J connectivity index is 1.92. The predicted octanol–water partition coefficient (Wildman–Crippen LogP) is 0.601. The first-order chi connectivity index (χ1) is 9.16. The number of aromatic amines is 1. The number of H-pyrrole nitrogens is 1. The molecule has 0 bridgehead atoms. The molecular formula is C12H18N4O3. The highest BCUT2D eigenvalue weighted by atomic mass is 16.4. The van der Waals surface area contributed by atoms with E-state index in [0.717, 1.165) is 19.3 Å². The molecule has 0 aromatic carbocycles. The number of nitrogens with one attached hydrogen (secondary N) is 2. The molecule has 3 N–H and O–H groups in total. The third-order valence-electron chi connectivity index (χ3n) is 3.22. The van der Waals surface area contributed by atoms with Crippen LogP contribution in [0.1, 0.15) is 25.0 Å². The quantitative estimate of drug-likeness (QED) is 0.743. The fourth-order valence-electron chi connectivity index (χ4n) is 2.15. The first-order valence-electron chi connectivity index (χ1n) is 6.42. The third-order valence-corrected chi connectivity index (χ3v) is 3.22. The molecule has 1 aromatic rings. The van der Waals surface area contributed by atoms with Crippen molar-refractivity contribution < 1.29 is 14.7 Å². The van der Waals surface area contributed by atoms with Crippen LogP contribution < -0.4 is 5.32 Å². The molecule has 1 aromatic heterocycles. The molecule has 1 aliphatic heterocycles. The fourth-order valence-corrected chi connectivity index (χ4v) is 2.15. The second kappa shape index (κ2) is 6.21. The Bertz CT molecular complexity index is 426. The average Bonchev–Trinajstić information content (AvgIpc) is 2.91. The fraction of sp³-hybridized carbons (Fsp3) is 0.583. The van der Waals surface area contributed by atoms with Crippen molar-refractivity contribution in [3.8, 4) is 0 Å². The zero-order chi connectivity index (χ0) is 13.7. The SMILES string of the molecule is O=C(O)[C@H](Cc1cnc[nH]1)NC(=O)N1CCCCC1. The van der Waals surface area contributed by atoms with Gasteiger partial charge < -0.3 is 20.3 Å². The van der Waals surface area contributed by atoms with Gasteiger partial charge in [-0.2, -0.15) is 0 Å². The molecule has 104 valence electrons. The van der Waals surface area contributed by atoms with Crippen LogP contribution in [0.25, 0.3) is 0 Å². The highest BCUT2D eigenvalue weighted by molar-refractivity contribution is 5.82. The van der Waals surface area contributed by atoms with Crippen molar-refractivity contribution in [3.05, 3.63) is 18.2 Å². The Kier molecular flexibility index (Phi) is 4.38. The molecule has 1 saturated heterocycles. The van der Waals surface area contributed by atoms with Crippen LogP contribution in [0.3, 0.4) is 0 Å². The van der Waals surface area contributed by atoms with Gasteiger partial charge in [-0.15, -0.1) is 0 Å². The van der Waals surface area contributed by atoms with Gasteiger partial charge in [-0.25, -0.2) is 14.6 Å². The smallest absolute Gasteiger partial charge is 0.326 e. The maximum atomic E-state index is 12.0. The minimum Gasteiger partial charge on any atom is -0.480 e. The highest BCUT2D eigenvalue weighted by Crippen LogP contribution is 2.09. The normalized spacial score (nSPS) is 16.9. The van der Waals surface area contributed by atoms with Crippen LogP contribution >= 0.6 is 0 Å².